The molecule has 6 nitrogen and oxygen atoms in total. The molecule has 1 amide bonds. The maximum atomic E-state index is 11.8. The lowest BCUT2D eigenvalue weighted by atomic mass is 10.2. The van der Waals surface area contributed by atoms with Gasteiger partial charge < -0.3 is 19.6 Å². The molecule has 0 fully saturated rings. The van der Waals surface area contributed by atoms with Gasteiger partial charge in [0.05, 0.1) is 31.1 Å². The molecule has 0 aromatic heterocycles. The molecule has 2 rings (SSSR count). The average molecular weight is 383 g/mol. The summed E-state index contributed by atoms with van der Waals surface area (Å²) in [5.74, 6) is 0.770. The van der Waals surface area contributed by atoms with Gasteiger partial charge in [0.15, 0.2) is 18.1 Å². The van der Waals surface area contributed by atoms with Gasteiger partial charge in [-0.1, -0.05) is 28.4 Å². The fourth-order valence-corrected chi connectivity index (χ4v) is 2.24. The van der Waals surface area contributed by atoms with Crippen LogP contribution in [0.4, 0.5) is 5.69 Å². The molecule has 0 saturated heterocycles. The van der Waals surface area contributed by atoms with E-state index in [1.807, 2.05) is 0 Å². The maximum Gasteiger partial charge on any atom is 0.265 e. The smallest absolute Gasteiger partial charge is 0.265 e. The molecule has 1 N–H and O–H groups in total. The standard InChI is InChI=1S/C17H16Cl2N2O4/c1-23-15-6-3-11(7-16(15)24-2)9-20-25-10-17(22)21-14-8-12(18)4-5-13(14)19/h3-9H,10H2,1-2H3,(H,21,22)/b20-9-. The molecule has 2 aromatic rings. The van der Waals surface area contributed by atoms with Crippen LogP contribution in [0.25, 0.3) is 0 Å². The Kier molecular flexibility index (Phi) is 6.91. The molecular weight excluding hydrogens is 367 g/mol. The highest BCUT2D eigenvalue weighted by Crippen LogP contribution is 2.27. The Hall–Kier alpha value is -2.44. The van der Waals surface area contributed by atoms with E-state index in [-0.39, 0.29) is 6.61 Å². The van der Waals surface area contributed by atoms with Crippen molar-refractivity contribution in [2.75, 3.05) is 26.1 Å². The third-order valence-electron chi connectivity index (χ3n) is 3.08. The zero-order chi connectivity index (χ0) is 18.2. The van der Waals surface area contributed by atoms with Gasteiger partial charge in [-0.2, -0.15) is 0 Å². The van der Waals surface area contributed by atoms with E-state index in [0.29, 0.717) is 27.2 Å². The Labute approximate surface area is 155 Å². The molecular formula is C17H16Cl2N2O4. The fourth-order valence-electron chi connectivity index (χ4n) is 1.91. The number of ether oxygens (including phenoxy) is 2. The Balaban J connectivity index is 1.88. The van der Waals surface area contributed by atoms with Crippen LogP contribution in [0.5, 0.6) is 11.5 Å². The molecule has 0 heterocycles. The van der Waals surface area contributed by atoms with E-state index in [0.717, 1.165) is 5.56 Å². The summed E-state index contributed by atoms with van der Waals surface area (Å²) in [5.41, 5.74) is 1.14. The van der Waals surface area contributed by atoms with Crippen molar-refractivity contribution in [2.24, 2.45) is 5.16 Å². The minimum absolute atomic E-state index is 0.271. The molecule has 2 aromatic carbocycles. The predicted molar refractivity (Wildman–Crippen MR) is 98.2 cm³/mol. The summed E-state index contributed by atoms with van der Waals surface area (Å²) in [7, 11) is 3.10. The van der Waals surface area contributed by atoms with Crippen molar-refractivity contribution in [2.45, 2.75) is 0 Å². The van der Waals surface area contributed by atoms with Gasteiger partial charge in [0.2, 0.25) is 0 Å². The number of amides is 1. The van der Waals surface area contributed by atoms with Crippen LogP contribution in [0, 0.1) is 0 Å². The molecule has 0 unspecified atom stereocenters. The van der Waals surface area contributed by atoms with Crippen molar-refractivity contribution < 1.29 is 19.1 Å². The number of carbonyl (C=O) groups excluding carboxylic acids is 1. The zero-order valence-corrected chi connectivity index (χ0v) is 15.1. The molecule has 0 saturated carbocycles. The van der Waals surface area contributed by atoms with Crippen molar-refractivity contribution in [1.82, 2.24) is 0 Å². The summed E-state index contributed by atoms with van der Waals surface area (Å²) in [6, 6.07) is 10.0. The van der Waals surface area contributed by atoms with Crippen molar-refractivity contribution in [3.05, 3.63) is 52.0 Å². The third kappa shape index (κ3) is 5.55. The zero-order valence-electron chi connectivity index (χ0n) is 13.6. The lowest BCUT2D eigenvalue weighted by molar-refractivity contribution is -0.120. The minimum atomic E-state index is -0.409. The van der Waals surface area contributed by atoms with Crippen LogP contribution in [-0.2, 0) is 9.63 Å². The van der Waals surface area contributed by atoms with Crippen molar-refractivity contribution in [3.8, 4) is 11.5 Å². The molecule has 0 spiro atoms. The van der Waals surface area contributed by atoms with E-state index in [2.05, 4.69) is 10.5 Å². The number of benzene rings is 2. The topological polar surface area (TPSA) is 69.2 Å². The maximum absolute atomic E-state index is 11.8. The van der Waals surface area contributed by atoms with Crippen LogP contribution in [0.3, 0.4) is 0 Å². The molecule has 25 heavy (non-hydrogen) atoms. The highest BCUT2D eigenvalue weighted by molar-refractivity contribution is 6.35. The molecule has 0 radical (unpaired) electrons. The van der Waals surface area contributed by atoms with Crippen molar-refractivity contribution in [1.29, 1.82) is 0 Å². The van der Waals surface area contributed by atoms with Crippen LogP contribution in [0.15, 0.2) is 41.6 Å². The van der Waals surface area contributed by atoms with E-state index in [9.17, 15) is 4.79 Å². The van der Waals surface area contributed by atoms with E-state index < -0.39 is 5.91 Å². The van der Waals surface area contributed by atoms with Gasteiger partial charge in [0.25, 0.3) is 5.91 Å². The van der Waals surface area contributed by atoms with Crippen LogP contribution in [0.1, 0.15) is 5.56 Å². The SMILES string of the molecule is COc1ccc(/C=N\OCC(=O)Nc2cc(Cl)ccc2Cl)cc1OC. The second-order valence-electron chi connectivity index (χ2n) is 4.79. The molecule has 8 heteroatoms. The minimum Gasteiger partial charge on any atom is -0.493 e. The first kappa shape index (κ1) is 18.9. The quantitative estimate of drug-likeness (QED) is 0.580. The molecule has 132 valence electrons. The lowest BCUT2D eigenvalue weighted by Gasteiger charge is -2.07. The van der Waals surface area contributed by atoms with E-state index in [4.69, 9.17) is 37.5 Å². The second-order valence-corrected chi connectivity index (χ2v) is 5.64. The highest BCUT2D eigenvalue weighted by Gasteiger charge is 2.07. The first-order chi connectivity index (χ1) is 12.0. The van der Waals surface area contributed by atoms with Gasteiger partial charge in [0.1, 0.15) is 0 Å². The molecule has 0 aliphatic carbocycles. The van der Waals surface area contributed by atoms with E-state index >= 15 is 0 Å². The summed E-state index contributed by atoms with van der Waals surface area (Å²) < 4.78 is 10.3. The van der Waals surface area contributed by atoms with Gasteiger partial charge in [-0.25, -0.2) is 0 Å². The van der Waals surface area contributed by atoms with Crippen molar-refractivity contribution in [3.63, 3.8) is 0 Å². The largest absolute Gasteiger partial charge is 0.493 e. The number of halogens is 2. The summed E-state index contributed by atoms with van der Waals surface area (Å²) in [4.78, 5) is 16.8. The number of oxime groups is 1. The van der Waals surface area contributed by atoms with Gasteiger partial charge in [-0.3, -0.25) is 4.79 Å². The number of methoxy groups -OCH3 is 2. The van der Waals surface area contributed by atoms with Gasteiger partial charge in [0, 0.05) is 10.6 Å². The molecule has 0 aliphatic rings. The lowest BCUT2D eigenvalue weighted by Crippen LogP contribution is -2.17. The van der Waals surface area contributed by atoms with Crippen molar-refractivity contribution >= 4 is 41.0 Å². The first-order valence-corrected chi connectivity index (χ1v) is 7.91. The highest BCUT2D eigenvalue weighted by atomic mass is 35.5. The predicted octanol–water partition coefficient (Wildman–Crippen LogP) is 4.00. The monoisotopic (exact) mass is 382 g/mol. The van der Waals surface area contributed by atoms with Crippen LogP contribution in [-0.4, -0.2) is 32.9 Å². The number of hydrogen-bond acceptors (Lipinski definition) is 5. The third-order valence-corrected chi connectivity index (χ3v) is 3.65. The normalized spacial score (nSPS) is 10.6. The van der Waals surface area contributed by atoms with Crippen LogP contribution >= 0.6 is 23.2 Å². The average Bonchev–Trinajstić information content (AvgIpc) is 2.61. The van der Waals surface area contributed by atoms with Crippen LogP contribution in [0.2, 0.25) is 10.0 Å². The molecule has 0 atom stereocenters. The number of nitrogens with one attached hydrogen (secondary N) is 1. The van der Waals surface area contributed by atoms with Gasteiger partial charge >= 0.3 is 0 Å². The Morgan fingerprint density at radius 1 is 1.12 bits per heavy atom. The summed E-state index contributed by atoms with van der Waals surface area (Å²) in [6.07, 6.45) is 1.46. The van der Waals surface area contributed by atoms with Gasteiger partial charge in [-0.15, -0.1) is 0 Å². The fraction of sp³-hybridized carbons (Fsp3) is 0.176. The second kappa shape index (κ2) is 9.15. The Bertz CT molecular complexity index is 781. The Morgan fingerprint density at radius 3 is 2.60 bits per heavy atom. The number of nitrogens with zero attached hydrogens (tertiary/aromatic N) is 1. The van der Waals surface area contributed by atoms with E-state index in [1.54, 1.807) is 50.6 Å². The Morgan fingerprint density at radius 2 is 1.88 bits per heavy atom. The van der Waals surface area contributed by atoms with E-state index in [1.165, 1.54) is 6.21 Å². The molecule has 0 aliphatic heterocycles. The summed E-state index contributed by atoms with van der Waals surface area (Å²) in [6.45, 7) is -0.271. The van der Waals surface area contributed by atoms with Crippen LogP contribution < -0.4 is 14.8 Å². The summed E-state index contributed by atoms with van der Waals surface area (Å²) in [5, 5.41) is 7.19. The number of rotatable bonds is 7. The number of hydrogen-bond donors (Lipinski definition) is 1. The molecule has 0 bridgehead atoms. The van der Waals surface area contributed by atoms with Gasteiger partial charge in [-0.05, 0) is 36.4 Å². The summed E-state index contributed by atoms with van der Waals surface area (Å²) >= 11 is 11.8. The number of carbonyl (C=O) groups is 1. The first-order valence-electron chi connectivity index (χ1n) is 7.15. The number of anilines is 1.